The van der Waals surface area contributed by atoms with Crippen LogP contribution in [-0.2, 0) is 4.79 Å². The number of carboxylic acid groups (broad SMARTS) is 1. The summed E-state index contributed by atoms with van der Waals surface area (Å²) in [5, 5.41) is 16.3. The summed E-state index contributed by atoms with van der Waals surface area (Å²) >= 11 is 0. The van der Waals surface area contributed by atoms with Crippen molar-refractivity contribution in [3.63, 3.8) is 0 Å². The van der Waals surface area contributed by atoms with Crippen molar-refractivity contribution in [2.45, 2.75) is 89.1 Å². The lowest BCUT2D eigenvalue weighted by molar-refractivity contribution is -0.123. The van der Waals surface area contributed by atoms with Crippen molar-refractivity contribution in [2.75, 3.05) is 18.6 Å². The first-order chi connectivity index (χ1) is 20.9. The molecule has 43 heavy (non-hydrogen) atoms. The molecule has 3 aliphatic rings. The average molecular weight is 585 g/mol. The van der Waals surface area contributed by atoms with E-state index >= 15 is 0 Å². The molecule has 2 amide bonds. The number of ether oxygens (including phenoxy) is 1. The minimum atomic E-state index is -0.987. The fourth-order valence-corrected chi connectivity index (χ4v) is 7.17. The molecular weight excluding hydrogens is 540 g/mol. The standard InChI is InChI=1S/C35H44N4O4/c1-23-18-28(12-17-33(23)43-2)25-8-6-24(7-9-25)21-38(34(40)26-10-13-30(14-11-26)37-35(41)42)32-5-3-4-27(19-32)29-20-36-39(22-29)31-15-16-31/h3-5,12,17-20,22,24-26,30-31,37H,6-11,13-16,21H2,1-2H3,(H,41,42)/t24-,25-,26-,30-. The molecule has 3 saturated carbocycles. The quantitative estimate of drug-likeness (QED) is 0.274. The molecule has 0 unspecified atom stereocenters. The zero-order valence-corrected chi connectivity index (χ0v) is 25.4. The molecule has 2 aromatic carbocycles. The van der Waals surface area contributed by atoms with Crippen LogP contribution in [-0.4, -0.2) is 46.6 Å². The van der Waals surface area contributed by atoms with Crippen LogP contribution in [0.5, 0.6) is 5.75 Å². The van der Waals surface area contributed by atoms with E-state index < -0.39 is 6.09 Å². The van der Waals surface area contributed by atoms with Crippen LogP contribution < -0.4 is 15.0 Å². The Morgan fingerprint density at radius 2 is 1.74 bits per heavy atom. The molecule has 8 heteroatoms. The van der Waals surface area contributed by atoms with Crippen LogP contribution in [0.3, 0.4) is 0 Å². The van der Waals surface area contributed by atoms with Gasteiger partial charge in [-0.3, -0.25) is 9.48 Å². The van der Waals surface area contributed by atoms with Gasteiger partial charge in [-0.2, -0.15) is 5.10 Å². The van der Waals surface area contributed by atoms with Gasteiger partial charge in [0.05, 0.1) is 19.3 Å². The molecule has 0 spiro atoms. The zero-order valence-electron chi connectivity index (χ0n) is 25.4. The second kappa shape index (κ2) is 12.8. The number of nitrogens with zero attached hydrogens (tertiary/aromatic N) is 3. The Kier molecular flexibility index (Phi) is 8.73. The van der Waals surface area contributed by atoms with E-state index in [-0.39, 0.29) is 17.9 Å². The minimum absolute atomic E-state index is 0.0711. The molecule has 6 rings (SSSR count). The van der Waals surface area contributed by atoms with Gasteiger partial charge >= 0.3 is 6.09 Å². The van der Waals surface area contributed by atoms with Gasteiger partial charge in [-0.1, -0.05) is 24.3 Å². The molecule has 8 nitrogen and oxygen atoms in total. The number of aromatic nitrogens is 2. The number of benzene rings is 2. The summed E-state index contributed by atoms with van der Waals surface area (Å²) in [6.45, 7) is 2.82. The number of hydrogen-bond acceptors (Lipinski definition) is 4. The van der Waals surface area contributed by atoms with Crippen LogP contribution in [0.1, 0.15) is 87.3 Å². The molecule has 3 aromatic rings. The van der Waals surface area contributed by atoms with Gasteiger partial charge in [-0.05, 0) is 118 Å². The third-order valence-corrected chi connectivity index (χ3v) is 9.86. The number of carbonyl (C=O) groups is 2. The molecule has 228 valence electrons. The first-order valence-corrected chi connectivity index (χ1v) is 16.0. The highest BCUT2D eigenvalue weighted by Crippen LogP contribution is 2.39. The van der Waals surface area contributed by atoms with Crippen LogP contribution in [0.2, 0.25) is 0 Å². The number of rotatable bonds is 9. The molecule has 1 aromatic heterocycles. The minimum Gasteiger partial charge on any atom is -0.496 e. The van der Waals surface area contributed by atoms with Gasteiger partial charge in [0.2, 0.25) is 5.91 Å². The molecule has 3 aliphatic carbocycles. The summed E-state index contributed by atoms with van der Waals surface area (Å²) < 4.78 is 7.53. The predicted octanol–water partition coefficient (Wildman–Crippen LogP) is 7.34. The van der Waals surface area contributed by atoms with Gasteiger partial charge in [-0.25, -0.2) is 4.79 Å². The smallest absolute Gasteiger partial charge is 0.404 e. The summed E-state index contributed by atoms with van der Waals surface area (Å²) in [5.41, 5.74) is 5.66. The molecule has 3 fully saturated rings. The normalized spacial score (nSPS) is 23.9. The van der Waals surface area contributed by atoms with Crippen molar-refractivity contribution in [2.24, 2.45) is 11.8 Å². The van der Waals surface area contributed by atoms with Crippen molar-refractivity contribution in [3.05, 3.63) is 66.0 Å². The molecule has 0 aliphatic heterocycles. The number of amides is 2. The maximum atomic E-state index is 14.2. The van der Waals surface area contributed by atoms with E-state index in [1.54, 1.807) is 7.11 Å². The SMILES string of the molecule is COc1ccc([C@H]2CC[C@H](CN(c3cccc(-c4cnn(C5CC5)c4)c3)C(=O)[C@H]3CC[C@H](NC(=O)O)CC3)CC2)cc1C. The third kappa shape index (κ3) is 6.89. The molecule has 0 atom stereocenters. The number of anilines is 1. The molecule has 0 saturated heterocycles. The Bertz CT molecular complexity index is 1430. The number of carbonyl (C=O) groups excluding carboxylic acids is 1. The van der Waals surface area contributed by atoms with Crippen LogP contribution in [0.25, 0.3) is 11.1 Å². The summed E-state index contributed by atoms with van der Waals surface area (Å²) in [6, 6.07) is 15.4. The van der Waals surface area contributed by atoms with Crippen molar-refractivity contribution in [1.82, 2.24) is 15.1 Å². The average Bonchev–Trinajstić information content (AvgIpc) is 3.76. The predicted molar refractivity (Wildman–Crippen MR) is 168 cm³/mol. The number of nitrogens with one attached hydrogen (secondary N) is 1. The van der Waals surface area contributed by atoms with Crippen LogP contribution in [0.4, 0.5) is 10.5 Å². The monoisotopic (exact) mass is 584 g/mol. The Morgan fingerprint density at radius 3 is 2.42 bits per heavy atom. The highest BCUT2D eigenvalue weighted by Gasteiger charge is 2.33. The lowest BCUT2D eigenvalue weighted by Crippen LogP contribution is -2.44. The number of methoxy groups -OCH3 is 1. The van der Waals surface area contributed by atoms with Crippen molar-refractivity contribution < 1.29 is 19.4 Å². The fourth-order valence-electron chi connectivity index (χ4n) is 7.17. The van der Waals surface area contributed by atoms with Gasteiger partial charge < -0.3 is 20.1 Å². The van der Waals surface area contributed by atoms with Gasteiger partial charge in [0, 0.05) is 36.0 Å². The zero-order chi connectivity index (χ0) is 29.9. The van der Waals surface area contributed by atoms with E-state index in [9.17, 15) is 9.59 Å². The lowest BCUT2D eigenvalue weighted by atomic mass is 9.78. The summed E-state index contributed by atoms with van der Waals surface area (Å²) in [7, 11) is 1.72. The lowest BCUT2D eigenvalue weighted by Gasteiger charge is -2.36. The largest absolute Gasteiger partial charge is 0.496 e. The molecule has 2 N–H and O–H groups in total. The Hall–Kier alpha value is -3.81. The second-order valence-corrected chi connectivity index (χ2v) is 12.9. The van der Waals surface area contributed by atoms with Gasteiger partial charge in [0.15, 0.2) is 0 Å². The van der Waals surface area contributed by atoms with Crippen molar-refractivity contribution in [3.8, 4) is 16.9 Å². The van der Waals surface area contributed by atoms with Gasteiger partial charge in [0.25, 0.3) is 0 Å². The number of hydrogen-bond donors (Lipinski definition) is 2. The van der Waals surface area contributed by atoms with E-state index in [2.05, 4.69) is 70.7 Å². The van der Waals surface area contributed by atoms with Crippen molar-refractivity contribution >= 4 is 17.7 Å². The Morgan fingerprint density at radius 1 is 0.977 bits per heavy atom. The fraction of sp³-hybridized carbons (Fsp3) is 0.514. The number of aryl methyl sites for hydroxylation is 1. The first-order valence-electron chi connectivity index (χ1n) is 16.0. The maximum absolute atomic E-state index is 14.2. The molecular formula is C35H44N4O4. The second-order valence-electron chi connectivity index (χ2n) is 12.9. The molecule has 1 heterocycles. The Labute approximate surface area is 254 Å². The Balaban J connectivity index is 1.18. The summed E-state index contributed by atoms with van der Waals surface area (Å²) in [4.78, 5) is 27.4. The highest BCUT2D eigenvalue weighted by atomic mass is 16.5. The van der Waals surface area contributed by atoms with E-state index in [1.807, 2.05) is 11.1 Å². The van der Waals surface area contributed by atoms with E-state index in [1.165, 1.54) is 24.0 Å². The maximum Gasteiger partial charge on any atom is 0.404 e. The van der Waals surface area contributed by atoms with Crippen LogP contribution in [0.15, 0.2) is 54.9 Å². The van der Waals surface area contributed by atoms with Gasteiger partial charge in [-0.15, -0.1) is 0 Å². The third-order valence-electron chi connectivity index (χ3n) is 9.86. The first kappa shape index (κ1) is 29.3. The van der Waals surface area contributed by atoms with E-state index in [0.717, 1.165) is 48.2 Å². The van der Waals surface area contributed by atoms with Crippen LogP contribution in [0, 0.1) is 18.8 Å². The van der Waals surface area contributed by atoms with E-state index in [0.29, 0.717) is 50.1 Å². The summed E-state index contributed by atoms with van der Waals surface area (Å²) in [5.74, 6) is 1.99. The molecule has 0 bridgehead atoms. The topological polar surface area (TPSA) is 96.7 Å². The summed E-state index contributed by atoms with van der Waals surface area (Å²) in [6.07, 6.45) is 12.7. The van der Waals surface area contributed by atoms with Crippen molar-refractivity contribution in [1.29, 1.82) is 0 Å². The highest BCUT2D eigenvalue weighted by molar-refractivity contribution is 5.95. The van der Waals surface area contributed by atoms with Gasteiger partial charge in [0.1, 0.15) is 5.75 Å². The van der Waals surface area contributed by atoms with Crippen LogP contribution >= 0.6 is 0 Å². The van der Waals surface area contributed by atoms with E-state index in [4.69, 9.17) is 9.84 Å². The molecule has 0 radical (unpaired) electrons.